The van der Waals surface area contributed by atoms with Crippen LogP contribution in [0.25, 0.3) is 0 Å². The zero-order chi connectivity index (χ0) is 14.9. The highest BCUT2D eigenvalue weighted by atomic mass is 16.5. The van der Waals surface area contributed by atoms with E-state index < -0.39 is 35.1 Å². The number of hydrogen-bond acceptors (Lipinski definition) is 6. The number of carbonyl (C=O) groups excluding carboxylic acids is 2. The Balaban J connectivity index is 2.46. The van der Waals surface area contributed by atoms with Gasteiger partial charge in [-0.15, -0.1) is 0 Å². The van der Waals surface area contributed by atoms with E-state index in [4.69, 9.17) is 4.74 Å². The van der Waals surface area contributed by atoms with Gasteiger partial charge in [-0.1, -0.05) is 0 Å². The normalized spacial score (nSPS) is 33.0. The van der Waals surface area contributed by atoms with Gasteiger partial charge < -0.3 is 19.4 Å². The monoisotopic (exact) mass is 282 g/mol. The first kappa shape index (κ1) is 14.4. The second-order valence-electron chi connectivity index (χ2n) is 4.83. The number of aromatic amines is 1. The topological polar surface area (TPSA) is 118 Å². The number of rotatable bonds is 4. The average molecular weight is 282 g/mol. The van der Waals surface area contributed by atoms with E-state index in [1.165, 1.54) is 13.1 Å². The Morgan fingerprint density at radius 2 is 2.20 bits per heavy atom. The number of carbonyl (C=O) groups is 2. The first-order valence-corrected chi connectivity index (χ1v) is 6.00. The van der Waals surface area contributed by atoms with Crippen molar-refractivity contribution in [2.45, 2.75) is 31.3 Å². The summed E-state index contributed by atoms with van der Waals surface area (Å²) in [6, 6.07) is 1.10. The molecule has 0 radical (unpaired) electrons. The minimum absolute atomic E-state index is 0.0752. The van der Waals surface area contributed by atoms with Crippen molar-refractivity contribution in [2.24, 2.45) is 5.92 Å². The Morgan fingerprint density at radius 1 is 1.50 bits per heavy atom. The third kappa shape index (κ3) is 2.23. The molecule has 1 saturated heterocycles. The van der Waals surface area contributed by atoms with Crippen molar-refractivity contribution in [1.29, 1.82) is 0 Å². The van der Waals surface area contributed by atoms with Crippen LogP contribution in [0.5, 0.6) is 0 Å². The van der Waals surface area contributed by atoms with Crippen molar-refractivity contribution in [3.63, 3.8) is 0 Å². The minimum Gasteiger partial charge on any atom is -0.385 e. The van der Waals surface area contributed by atoms with Gasteiger partial charge in [0.05, 0.1) is 12.0 Å². The highest BCUT2D eigenvalue weighted by molar-refractivity contribution is 5.60. The lowest BCUT2D eigenvalue weighted by atomic mass is 9.86. The number of aldehydes is 2. The van der Waals surface area contributed by atoms with E-state index in [1.807, 2.05) is 4.98 Å². The summed E-state index contributed by atoms with van der Waals surface area (Å²) in [6.45, 7) is 1.35. The van der Waals surface area contributed by atoms with Crippen LogP contribution in [0.4, 0.5) is 0 Å². The standard InChI is InChI=1S/C12H14N2O6/c1-12(19)7(6-16)8(3-5-15)20-10(12)14-4-2-9(17)13-11(14)18/h2,4-8,10,19H,3H2,1H3,(H,13,17,18)/t7-,8-,10?,12+/m1/s1. The quantitative estimate of drug-likeness (QED) is 0.655. The van der Waals surface area contributed by atoms with E-state index in [9.17, 15) is 24.3 Å². The molecule has 0 spiro atoms. The van der Waals surface area contributed by atoms with Crippen molar-refractivity contribution in [3.05, 3.63) is 33.1 Å². The van der Waals surface area contributed by atoms with Gasteiger partial charge >= 0.3 is 5.69 Å². The van der Waals surface area contributed by atoms with Crippen molar-refractivity contribution < 1.29 is 19.4 Å². The highest BCUT2D eigenvalue weighted by Crippen LogP contribution is 2.41. The minimum atomic E-state index is -1.67. The van der Waals surface area contributed by atoms with Gasteiger partial charge in [0.25, 0.3) is 5.56 Å². The van der Waals surface area contributed by atoms with Crippen LogP contribution < -0.4 is 11.2 Å². The molecule has 1 aliphatic rings. The second kappa shape index (κ2) is 5.14. The molecule has 20 heavy (non-hydrogen) atoms. The molecule has 108 valence electrons. The Labute approximate surface area is 113 Å². The van der Waals surface area contributed by atoms with Crippen LogP contribution in [0.3, 0.4) is 0 Å². The van der Waals surface area contributed by atoms with E-state index in [1.54, 1.807) is 0 Å². The lowest BCUT2D eigenvalue weighted by molar-refractivity contribution is -0.120. The summed E-state index contributed by atoms with van der Waals surface area (Å²) in [5.74, 6) is -0.948. The van der Waals surface area contributed by atoms with Gasteiger partial charge in [0.1, 0.15) is 18.2 Å². The van der Waals surface area contributed by atoms with E-state index in [-0.39, 0.29) is 6.42 Å². The molecule has 1 aromatic heterocycles. The molecule has 1 aromatic rings. The fraction of sp³-hybridized carbons (Fsp3) is 0.500. The zero-order valence-corrected chi connectivity index (χ0v) is 10.7. The first-order valence-electron chi connectivity index (χ1n) is 6.00. The zero-order valence-electron chi connectivity index (χ0n) is 10.7. The van der Waals surface area contributed by atoms with Gasteiger partial charge in [-0.3, -0.25) is 14.3 Å². The summed E-state index contributed by atoms with van der Waals surface area (Å²) >= 11 is 0. The van der Waals surface area contributed by atoms with E-state index in [2.05, 4.69) is 0 Å². The lowest BCUT2D eigenvalue weighted by Gasteiger charge is -2.27. The maximum absolute atomic E-state index is 11.7. The summed E-state index contributed by atoms with van der Waals surface area (Å²) in [6.07, 6.45) is 0.204. The summed E-state index contributed by atoms with van der Waals surface area (Å²) in [4.78, 5) is 46.5. The molecule has 0 bridgehead atoms. The molecule has 4 atom stereocenters. The summed E-state index contributed by atoms with van der Waals surface area (Å²) in [5.41, 5.74) is -3.02. The van der Waals surface area contributed by atoms with Crippen LogP contribution in [0, 0.1) is 5.92 Å². The molecule has 2 rings (SSSR count). The Morgan fingerprint density at radius 3 is 2.75 bits per heavy atom. The molecule has 8 heteroatoms. The van der Waals surface area contributed by atoms with E-state index >= 15 is 0 Å². The van der Waals surface area contributed by atoms with Crippen molar-refractivity contribution in [1.82, 2.24) is 9.55 Å². The van der Waals surface area contributed by atoms with Crippen LogP contribution in [0.15, 0.2) is 21.9 Å². The molecule has 1 aliphatic heterocycles. The van der Waals surface area contributed by atoms with Gasteiger partial charge in [0.2, 0.25) is 0 Å². The lowest BCUT2D eigenvalue weighted by Crippen LogP contribution is -2.44. The second-order valence-corrected chi connectivity index (χ2v) is 4.83. The van der Waals surface area contributed by atoms with Crippen molar-refractivity contribution in [2.75, 3.05) is 0 Å². The molecule has 8 nitrogen and oxygen atoms in total. The maximum Gasteiger partial charge on any atom is 0.330 e. The van der Waals surface area contributed by atoms with Crippen LogP contribution in [0.2, 0.25) is 0 Å². The summed E-state index contributed by atoms with van der Waals surface area (Å²) in [5, 5.41) is 10.4. The fourth-order valence-electron chi connectivity index (χ4n) is 2.41. The number of ether oxygens (including phenoxy) is 1. The molecular formula is C12H14N2O6. The summed E-state index contributed by atoms with van der Waals surface area (Å²) < 4.78 is 6.44. The smallest absolute Gasteiger partial charge is 0.330 e. The van der Waals surface area contributed by atoms with Crippen molar-refractivity contribution in [3.8, 4) is 0 Å². The molecule has 1 unspecified atom stereocenters. The molecular weight excluding hydrogens is 268 g/mol. The first-order chi connectivity index (χ1) is 9.41. The Kier molecular flexibility index (Phi) is 3.69. The number of nitrogens with zero attached hydrogens (tertiary/aromatic N) is 1. The van der Waals surface area contributed by atoms with Crippen molar-refractivity contribution >= 4 is 12.6 Å². The third-order valence-corrected chi connectivity index (χ3v) is 3.46. The number of aromatic nitrogens is 2. The van der Waals surface area contributed by atoms with Crippen LogP contribution in [0.1, 0.15) is 19.6 Å². The molecule has 0 aromatic carbocycles. The van der Waals surface area contributed by atoms with Gasteiger partial charge in [-0.05, 0) is 6.92 Å². The largest absolute Gasteiger partial charge is 0.385 e. The predicted molar refractivity (Wildman–Crippen MR) is 66.1 cm³/mol. The van der Waals surface area contributed by atoms with Crippen LogP contribution in [-0.4, -0.2) is 38.9 Å². The fourth-order valence-corrected chi connectivity index (χ4v) is 2.41. The van der Waals surface area contributed by atoms with Crippen LogP contribution in [-0.2, 0) is 14.3 Å². The third-order valence-electron chi connectivity index (χ3n) is 3.46. The van der Waals surface area contributed by atoms with E-state index in [0.29, 0.717) is 12.6 Å². The maximum atomic E-state index is 11.7. The van der Waals surface area contributed by atoms with Crippen LogP contribution >= 0.6 is 0 Å². The Hall–Kier alpha value is -2.06. The highest BCUT2D eigenvalue weighted by Gasteiger charge is 2.53. The summed E-state index contributed by atoms with van der Waals surface area (Å²) in [7, 11) is 0. The average Bonchev–Trinajstić information content (AvgIpc) is 2.61. The van der Waals surface area contributed by atoms with E-state index in [0.717, 1.165) is 10.6 Å². The molecule has 0 aliphatic carbocycles. The molecule has 1 fully saturated rings. The van der Waals surface area contributed by atoms with Gasteiger partial charge in [0.15, 0.2) is 6.23 Å². The van der Waals surface area contributed by atoms with Gasteiger partial charge in [-0.2, -0.15) is 0 Å². The number of aliphatic hydroxyl groups is 1. The number of H-pyrrole nitrogens is 1. The molecule has 0 saturated carbocycles. The molecule has 2 heterocycles. The molecule has 0 amide bonds. The number of nitrogens with one attached hydrogen (secondary N) is 1. The Bertz CT molecular complexity index is 631. The molecule has 2 N–H and O–H groups in total. The number of hydrogen-bond donors (Lipinski definition) is 2. The van der Waals surface area contributed by atoms with Gasteiger partial charge in [0, 0.05) is 18.7 Å². The SMILES string of the molecule is C[C@@]1(O)C(n2ccc(=O)[nH]c2=O)O[C@H](CC=O)[C@H]1C=O. The van der Waals surface area contributed by atoms with Gasteiger partial charge in [-0.25, -0.2) is 4.79 Å². The predicted octanol–water partition coefficient (Wildman–Crippen LogP) is -1.41.